The van der Waals surface area contributed by atoms with E-state index in [4.69, 9.17) is 21.3 Å². The van der Waals surface area contributed by atoms with Crippen LogP contribution in [0.2, 0.25) is 0 Å². The van der Waals surface area contributed by atoms with Crippen molar-refractivity contribution >= 4 is 34.3 Å². The van der Waals surface area contributed by atoms with Gasteiger partial charge in [-0.15, -0.1) is 11.3 Å². The molecule has 2 atom stereocenters. The maximum Gasteiger partial charge on any atom is 0.198 e. The molecule has 3 heterocycles. The largest absolute Gasteiger partial charge is 0.497 e. The molecule has 1 aromatic heterocycles. The third-order valence-electron chi connectivity index (χ3n) is 4.31. The molecule has 2 aromatic rings. The van der Waals surface area contributed by atoms with Gasteiger partial charge >= 0.3 is 0 Å². The van der Waals surface area contributed by atoms with Crippen LogP contribution < -0.4 is 10.1 Å². The first-order chi connectivity index (χ1) is 12.2. The molecule has 4 nitrogen and oxygen atoms in total. The number of allylic oxidation sites excluding steroid dienone is 1. The van der Waals surface area contributed by atoms with Gasteiger partial charge in [-0.1, -0.05) is 17.7 Å². The lowest BCUT2D eigenvalue weighted by molar-refractivity contribution is 0.204. The van der Waals surface area contributed by atoms with Crippen LogP contribution >= 0.6 is 22.9 Å². The number of halogens is 1. The van der Waals surface area contributed by atoms with Crippen molar-refractivity contribution in [3.05, 3.63) is 69.5 Å². The zero-order valence-corrected chi connectivity index (χ0v) is 15.5. The molecule has 1 N–H and O–H groups in total. The Hall–Kier alpha value is -2.24. The van der Waals surface area contributed by atoms with Gasteiger partial charge in [0.25, 0.3) is 0 Å². The SMILES string of the molecule is COc1ccc(C2=CC(c3cccs3)N3C(Cl)=CC(C)=NC3N2)cc1. The van der Waals surface area contributed by atoms with Crippen LogP contribution in [-0.4, -0.2) is 24.0 Å². The number of nitrogens with one attached hydrogen (secondary N) is 1. The van der Waals surface area contributed by atoms with Gasteiger partial charge in [0.2, 0.25) is 0 Å². The molecule has 0 bridgehead atoms. The van der Waals surface area contributed by atoms with Crippen molar-refractivity contribution in [2.45, 2.75) is 19.3 Å². The van der Waals surface area contributed by atoms with Gasteiger partial charge < -0.3 is 15.0 Å². The molecular formula is C19H18ClN3OS. The van der Waals surface area contributed by atoms with Gasteiger partial charge in [-0.3, -0.25) is 0 Å². The molecule has 2 unspecified atom stereocenters. The summed E-state index contributed by atoms with van der Waals surface area (Å²) >= 11 is 8.28. The number of rotatable bonds is 3. The lowest BCUT2D eigenvalue weighted by atomic mass is 10.0. The van der Waals surface area contributed by atoms with Gasteiger partial charge in [0, 0.05) is 16.3 Å². The number of ether oxygens (including phenoxy) is 1. The van der Waals surface area contributed by atoms with Gasteiger partial charge in [0.1, 0.15) is 10.9 Å². The van der Waals surface area contributed by atoms with E-state index >= 15 is 0 Å². The second-order valence-corrected chi connectivity index (χ2v) is 7.30. The number of fused-ring (bicyclic) bond motifs is 1. The predicted octanol–water partition coefficient (Wildman–Crippen LogP) is 4.58. The Labute approximate surface area is 156 Å². The van der Waals surface area contributed by atoms with E-state index in [2.05, 4.69) is 45.9 Å². The van der Waals surface area contributed by atoms with Crippen molar-refractivity contribution in [2.75, 3.05) is 7.11 Å². The molecule has 4 rings (SSSR count). The third kappa shape index (κ3) is 3.05. The minimum Gasteiger partial charge on any atom is -0.497 e. The molecule has 2 aliphatic rings. The molecule has 0 aliphatic carbocycles. The molecule has 0 fully saturated rings. The standard InChI is InChI=1S/C19H18ClN3OS/c1-12-10-18(20)23-16(17-4-3-9-25-17)11-15(22-19(23)21-12)13-5-7-14(24-2)8-6-13/h3-11,16,19,22H,1-2H3. The number of nitrogens with zero attached hydrogens (tertiary/aromatic N) is 2. The lowest BCUT2D eigenvalue weighted by Gasteiger charge is -2.42. The van der Waals surface area contributed by atoms with E-state index in [-0.39, 0.29) is 12.3 Å². The van der Waals surface area contributed by atoms with Crippen LogP contribution in [0, 0.1) is 0 Å². The third-order valence-corrected chi connectivity index (χ3v) is 5.56. The van der Waals surface area contributed by atoms with Crippen LogP contribution in [0.25, 0.3) is 5.70 Å². The van der Waals surface area contributed by atoms with Gasteiger partial charge in [-0.25, -0.2) is 4.99 Å². The zero-order valence-electron chi connectivity index (χ0n) is 13.9. The average Bonchev–Trinajstić information content (AvgIpc) is 3.15. The van der Waals surface area contributed by atoms with E-state index in [9.17, 15) is 0 Å². The molecule has 1 aromatic carbocycles. The quantitative estimate of drug-likeness (QED) is 0.802. The van der Waals surface area contributed by atoms with Crippen LogP contribution in [0.15, 0.2) is 64.1 Å². The van der Waals surface area contributed by atoms with Crippen molar-refractivity contribution in [1.29, 1.82) is 0 Å². The van der Waals surface area contributed by atoms with Gasteiger partial charge in [0.05, 0.1) is 13.2 Å². The minimum atomic E-state index is -0.216. The highest BCUT2D eigenvalue weighted by Crippen LogP contribution is 2.39. The predicted molar refractivity (Wildman–Crippen MR) is 104 cm³/mol. The summed E-state index contributed by atoms with van der Waals surface area (Å²) in [4.78, 5) is 8.07. The maximum absolute atomic E-state index is 6.56. The molecular weight excluding hydrogens is 354 g/mol. The molecule has 2 aliphatic heterocycles. The number of benzene rings is 1. The Kier molecular flexibility index (Phi) is 4.27. The molecule has 0 amide bonds. The molecule has 0 saturated carbocycles. The second-order valence-electron chi connectivity index (χ2n) is 5.93. The van der Waals surface area contributed by atoms with Crippen LogP contribution in [0.1, 0.15) is 23.4 Å². The zero-order chi connectivity index (χ0) is 17.4. The number of hydrogen-bond donors (Lipinski definition) is 1. The summed E-state index contributed by atoms with van der Waals surface area (Å²) in [6.45, 7) is 1.97. The molecule has 128 valence electrons. The highest BCUT2D eigenvalue weighted by molar-refractivity contribution is 7.10. The lowest BCUT2D eigenvalue weighted by Crippen LogP contribution is -2.48. The summed E-state index contributed by atoms with van der Waals surface area (Å²) in [7, 11) is 1.67. The van der Waals surface area contributed by atoms with Crippen LogP contribution in [0.5, 0.6) is 5.75 Å². The van der Waals surface area contributed by atoms with Crippen molar-refractivity contribution in [1.82, 2.24) is 10.2 Å². The fourth-order valence-corrected chi connectivity index (χ4v) is 4.25. The summed E-state index contributed by atoms with van der Waals surface area (Å²) < 4.78 is 5.26. The van der Waals surface area contributed by atoms with Gasteiger partial charge in [-0.2, -0.15) is 0 Å². The van der Waals surface area contributed by atoms with Crippen molar-refractivity contribution in [2.24, 2.45) is 4.99 Å². The van der Waals surface area contributed by atoms with Crippen LogP contribution in [-0.2, 0) is 0 Å². The summed E-state index contributed by atoms with van der Waals surface area (Å²) in [5, 5.41) is 6.29. The van der Waals surface area contributed by atoms with E-state index in [1.54, 1.807) is 18.4 Å². The maximum atomic E-state index is 6.56. The van der Waals surface area contributed by atoms with E-state index in [0.29, 0.717) is 5.16 Å². The Morgan fingerprint density at radius 3 is 2.72 bits per heavy atom. The molecule has 0 spiro atoms. The van der Waals surface area contributed by atoms with E-state index < -0.39 is 0 Å². The topological polar surface area (TPSA) is 36.9 Å². The first-order valence-electron chi connectivity index (χ1n) is 8.02. The summed E-state index contributed by atoms with van der Waals surface area (Å²) in [5.41, 5.74) is 3.06. The second kappa shape index (κ2) is 6.58. The Bertz CT molecular complexity index is 855. The van der Waals surface area contributed by atoms with Gasteiger partial charge in [0.15, 0.2) is 6.29 Å². The number of aliphatic imine (C=N–C) groups is 1. The van der Waals surface area contributed by atoms with Crippen molar-refractivity contribution < 1.29 is 4.74 Å². The number of methoxy groups -OCH3 is 1. The molecule has 0 saturated heterocycles. The number of hydrogen-bond acceptors (Lipinski definition) is 5. The van der Waals surface area contributed by atoms with E-state index in [1.165, 1.54) is 4.88 Å². The first kappa shape index (κ1) is 16.2. The minimum absolute atomic E-state index is 0.0453. The summed E-state index contributed by atoms with van der Waals surface area (Å²) in [6, 6.07) is 12.3. The smallest absolute Gasteiger partial charge is 0.198 e. The van der Waals surface area contributed by atoms with Gasteiger partial charge in [-0.05, 0) is 60.4 Å². The Morgan fingerprint density at radius 2 is 2.04 bits per heavy atom. The van der Waals surface area contributed by atoms with E-state index in [1.807, 2.05) is 25.1 Å². The average molecular weight is 372 g/mol. The van der Waals surface area contributed by atoms with Crippen molar-refractivity contribution in [3.63, 3.8) is 0 Å². The fraction of sp³-hybridized carbons (Fsp3) is 0.211. The Balaban J connectivity index is 1.77. The first-order valence-corrected chi connectivity index (χ1v) is 9.27. The summed E-state index contributed by atoms with van der Waals surface area (Å²) in [6.07, 6.45) is 3.90. The normalized spacial score (nSPS) is 22.4. The highest BCUT2D eigenvalue weighted by Gasteiger charge is 2.34. The fourth-order valence-electron chi connectivity index (χ4n) is 3.10. The Morgan fingerprint density at radius 1 is 1.24 bits per heavy atom. The monoisotopic (exact) mass is 371 g/mol. The number of thiophene rings is 1. The van der Waals surface area contributed by atoms with E-state index in [0.717, 1.165) is 22.7 Å². The van der Waals surface area contributed by atoms with Crippen molar-refractivity contribution in [3.8, 4) is 5.75 Å². The van der Waals surface area contributed by atoms with Crippen LogP contribution in [0.4, 0.5) is 0 Å². The summed E-state index contributed by atoms with van der Waals surface area (Å²) in [5.74, 6) is 0.842. The molecule has 6 heteroatoms. The molecule has 0 radical (unpaired) electrons. The van der Waals surface area contributed by atoms with Crippen LogP contribution in [0.3, 0.4) is 0 Å². The highest BCUT2D eigenvalue weighted by atomic mass is 35.5. The molecule has 25 heavy (non-hydrogen) atoms.